The Morgan fingerprint density at radius 3 is 2.43 bits per heavy atom. The van der Waals surface area contributed by atoms with E-state index >= 15 is 0 Å². The van der Waals surface area contributed by atoms with Gasteiger partial charge in [-0.05, 0) is 6.42 Å². The van der Waals surface area contributed by atoms with Crippen molar-refractivity contribution in [3.05, 3.63) is 0 Å². The number of hydrogen-bond donors (Lipinski definition) is 0. The van der Waals surface area contributed by atoms with E-state index in [4.69, 9.17) is 4.74 Å². The van der Waals surface area contributed by atoms with Crippen LogP contribution in [-0.2, 0) is 4.74 Å². The molecule has 3 heteroatoms. The molecule has 0 aromatic heterocycles. The van der Waals surface area contributed by atoms with Gasteiger partial charge >= 0.3 is 29.6 Å². The SMILES string of the molecule is [Na+].[O-][C@H]1CCOC1. The van der Waals surface area contributed by atoms with Crippen molar-refractivity contribution in [3.63, 3.8) is 0 Å². The molecule has 36 valence electrons. The quantitative estimate of drug-likeness (QED) is 0.299. The molecule has 1 aliphatic heterocycles. The molecule has 0 aromatic carbocycles. The summed E-state index contributed by atoms with van der Waals surface area (Å²) in [6.07, 6.45) is 0.282. The smallest absolute Gasteiger partial charge is 0.850 e. The third kappa shape index (κ3) is 2.67. The van der Waals surface area contributed by atoms with Gasteiger partial charge in [0.25, 0.3) is 0 Å². The van der Waals surface area contributed by atoms with Crippen LogP contribution in [0.2, 0.25) is 0 Å². The Labute approximate surface area is 65.1 Å². The van der Waals surface area contributed by atoms with Crippen molar-refractivity contribution in [1.29, 1.82) is 0 Å². The van der Waals surface area contributed by atoms with Gasteiger partial charge in [-0.2, -0.15) is 0 Å². The summed E-state index contributed by atoms with van der Waals surface area (Å²) in [5, 5.41) is 10.2. The van der Waals surface area contributed by atoms with E-state index in [0.29, 0.717) is 19.6 Å². The van der Waals surface area contributed by atoms with E-state index in [9.17, 15) is 5.11 Å². The molecule has 0 amide bonds. The van der Waals surface area contributed by atoms with Crippen LogP contribution in [0.25, 0.3) is 0 Å². The fraction of sp³-hybridized carbons (Fsp3) is 1.00. The van der Waals surface area contributed by atoms with Crippen molar-refractivity contribution < 1.29 is 39.4 Å². The summed E-state index contributed by atoms with van der Waals surface area (Å²) in [7, 11) is 0. The molecule has 1 aliphatic rings. The Hall–Kier alpha value is 0.920. The Morgan fingerprint density at radius 2 is 2.29 bits per heavy atom. The van der Waals surface area contributed by atoms with Gasteiger partial charge in [-0.25, -0.2) is 0 Å². The molecule has 0 radical (unpaired) electrons. The van der Waals surface area contributed by atoms with Crippen molar-refractivity contribution in [2.75, 3.05) is 13.2 Å². The zero-order chi connectivity index (χ0) is 4.41. The second-order valence-corrected chi connectivity index (χ2v) is 1.49. The minimum absolute atomic E-state index is 0. The zero-order valence-corrected chi connectivity index (χ0v) is 6.52. The summed E-state index contributed by atoms with van der Waals surface area (Å²) in [4.78, 5) is 0. The molecule has 0 unspecified atom stereocenters. The van der Waals surface area contributed by atoms with E-state index in [-0.39, 0.29) is 29.6 Å². The van der Waals surface area contributed by atoms with Crippen LogP contribution < -0.4 is 34.7 Å². The molecule has 0 saturated carbocycles. The molecule has 0 N–H and O–H groups in total. The van der Waals surface area contributed by atoms with Gasteiger partial charge in [0.05, 0.1) is 0 Å². The maximum atomic E-state index is 10.2. The van der Waals surface area contributed by atoms with Crippen LogP contribution in [0, 0.1) is 0 Å². The molecule has 1 fully saturated rings. The van der Waals surface area contributed by atoms with Crippen molar-refractivity contribution in [3.8, 4) is 0 Å². The minimum atomic E-state index is -0.426. The molecule has 0 aliphatic carbocycles. The first-order valence-corrected chi connectivity index (χ1v) is 2.13. The number of hydrogen-bond acceptors (Lipinski definition) is 2. The van der Waals surface area contributed by atoms with Gasteiger partial charge in [0.1, 0.15) is 0 Å². The maximum Gasteiger partial charge on any atom is 1.00 e. The normalized spacial score (nSPS) is 29.6. The second kappa shape index (κ2) is 3.87. The van der Waals surface area contributed by atoms with Gasteiger partial charge in [0.2, 0.25) is 0 Å². The molecule has 0 bridgehead atoms. The van der Waals surface area contributed by atoms with Crippen molar-refractivity contribution in [2.24, 2.45) is 0 Å². The van der Waals surface area contributed by atoms with Gasteiger partial charge in [-0.1, -0.05) is 0 Å². The van der Waals surface area contributed by atoms with Gasteiger partial charge < -0.3 is 9.84 Å². The Bertz CT molecular complexity index is 43.0. The first-order chi connectivity index (χ1) is 2.89. The topological polar surface area (TPSA) is 32.3 Å². The average molecular weight is 110 g/mol. The fourth-order valence-corrected chi connectivity index (χ4v) is 0.513. The largest absolute Gasteiger partial charge is 1.00 e. The van der Waals surface area contributed by atoms with Crippen LogP contribution >= 0.6 is 0 Å². The van der Waals surface area contributed by atoms with Crippen molar-refractivity contribution in [2.45, 2.75) is 12.5 Å². The summed E-state index contributed by atoms with van der Waals surface area (Å²) in [6, 6.07) is 0. The van der Waals surface area contributed by atoms with Gasteiger partial charge in [0, 0.05) is 13.2 Å². The number of rotatable bonds is 0. The third-order valence-corrected chi connectivity index (χ3v) is 0.888. The molecule has 2 nitrogen and oxygen atoms in total. The predicted octanol–water partition coefficient (Wildman–Crippen LogP) is -3.86. The zero-order valence-electron chi connectivity index (χ0n) is 4.52. The fourth-order valence-electron chi connectivity index (χ4n) is 0.513. The second-order valence-electron chi connectivity index (χ2n) is 1.49. The molecule has 0 aromatic rings. The average Bonchev–Trinajstić information content (AvgIpc) is 1.86. The number of ether oxygens (including phenoxy) is 1. The van der Waals surface area contributed by atoms with E-state index < -0.39 is 6.10 Å². The van der Waals surface area contributed by atoms with Crippen molar-refractivity contribution >= 4 is 0 Å². The first-order valence-electron chi connectivity index (χ1n) is 2.13. The predicted molar refractivity (Wildman–Crippen MR) is 19.2 cm³/mol. The van der Waals surface area contributed by atoms with E-state index in [1.54, 1.807) is 0 Å². The van der Waals surface area contributed by atoms with Gasteiger partial charge in [0.15, 0.2) is 0 Å². The van der Waals surface area contributed by atoms with Crippen LogP contribution in [0.4, 0.5) is 0 Å². The molecule has 1 heterocycles. The van der Waals surface area contributed by atoms with Gasteiger partial charge in [-0.3, -0.25) is 0 Å². The molecule has 7 heavy (non-hydrogen) atoms. The standard InChI is InChI=1S/C4H7O2.Na/c5-4-1-2-6-3-4;/h4H,1-3H2;/q-1;+1/t4-;/m0./s1. The van der Waals surface area contributed by atoms with Crippen LogP contribution in [0.15, 0.2) is 0 Å². The van der Waals surface area contributed by atoms with E-state index in [0.717, 1.165) is 0 Å². The van der Waals surface area contributed by atoms with Gasteiger partial charge in [-0.15, -0.1) is 6.10 Å². The maximum absolute atomic E-state index is 10.2. The summed E-state index contributed by atoms with van der Waals surface area (Å²) < 4.78 is 4.74. The Kier molecular flexibility index (Phi) is 4.37. The Morgan fingerprint density at radius 1 is 1.57 bits per heavy atom. The van der Waals surface area contributed by atoms with Crippen LogP contribution in [-0.4, -0.2) is 19.3 Å². The van der Waals surface area contributed by atoms with Crippen molar-refractivity contribution in [1.82, 2.24) is 0 Å². The molecular formula is C4H7NaO2. The minimum Gasteiger partial charge on any atom is -0.850 e. The summed E-state index contributed by atoms with van der Waals surface area (Å²) in [5.74, 6) is 0. The van der Waals surface area contributed by atoms with E-state index in [1.807, 2.05) is 0 Å². The summed E-state index contributed by atoms with van der Waals surface area (Å²) in [6.45, 7) is 1.11. The van der Waals surface area contributed by atoms with Crippen LogP contribution in [0.3, 0.4) is 0 Å². The molecule has 0 spiro atoms. The van der Waals surface area contributed by atoms with Crippen LogP contribution in [0.5, 0.6) is 0 Å². The summed E-state index contributed by atoms with van der Waals surface area (Å²) in [5.41, 5.74) is 0. The van der Waals surface area contributed by atoms with E-state index in [2.05, 4.69) is 0 Å². The summed E-state index contributed by atoms with van der Waals surface area (Å²) >= 11 is 0. The molecule has 1 rings (SSSR count). The molecular weight excluding hydrogens is 103 g/mol. The Balaban J connectivity index is 0.000000360. The third-order valence-electron chi connectivity index (χ3n) is 0.888. The molecule has 1 atom stereocenters. The van der Waals surface area contributed by atoms with E-state index in [1.165, 1.54) is 0 Å². The first kappa shape index (κ1) is 7.92. The molecule has 1 saturated heterocycles. The van der Waals surface area contributed by atoms with Crippen LogP contribution in [0.1, 0.15) is 6.42 Å². The monoisotopic (exact) mass is 110 g/mol.